The Morgan fingerprint density at radius 3 is 2.67 bits per heavy atom. The number of carboxylic acids is 1. The molecule has 0 aliphatic heterocycles. The topological polar surface area (TPSA) is 37.3 Å². The second-order valence-electron chi connectivity index (χ2n) is 2.16. The van der Waals surface area contributed by atoms with Crippen molar-refractivity contribution in [3.05, 3.63) is 23.8 Å². The fourth-order valence-electron chi connectivity index (χ4n) is 0.905. The molecule has 0 radical (unpaired) electrons. The molecule has 0 heterocycles. The number of carboxylic acid groups (broad SMARTS) is 1. The second kappa shape index (κ2) is 3.87. The van der Waals surface area contributed by atoms with E-state index in [-0.39, 0.29) is 5.56 Å². The number of rotatable bonds is 2. The van der Waals surface area contributed by atoms with Gasteiger partial charge in [-0.2, -0.15) is 0 Å². The van der Waals surface area contributed by atoms with Crippen LogP contribution in [-0.2, 0) is 0 Å². The average molecular weight is 200 g/mol. The minimum atomic E-state index is -0.926. The van der Waals surface area contributed by atoms with Crippen molar-refractivity contribution in [3.63, 3.8) is 0 Å². The number of benzene rings is 1. The number of hydrogen-bond acceptors (Lipinski definition) is 3. The maximum Gasteiger partial charge on any atom is 0.337 e. The third kappa shape index (κ3) is 1.76. The summed E-state index contributed by atoms with van der Waals surface area (Å²) in [5.74, 6) is -0.926. The van der Waals surface area contributed by atoms with Crippen LogP contribution in [-0.4, -0.2) is 17.3 Å². The molecule has 0 spiro atoms. The number of thioether (sulfide) groups is 1. The Kier molecular flexibility index (Phi) is 3.05. The molecule has 12 heavy (non-hydrogen) atoms. The van der Waals surface area contributed by atoms with Gasteiger partial charge in [0.2, 0.25) is 0 Å². The maximum atomic E-state index is 10.7. The van der Waals surface area contributed by atoms with E-state index >= 15 is 0 Å². The van der Waals surface area contributed by atoms with Gasteiger partial charge in [-0.05, 0) is 18.4 Å². The summed E-state index contributed by atoms with van der Waals surface area (Å²) in [4.78, 5) is 12.0. The van der Waals surface area contributed by atoms with Gasteiger partial charge < -0.3 is 5.11 Å². The standard InChI is InChI=1S/C8H8O2S2/c1-12-6-4-2-3-5(11)7(6)8(9)10/h2-4,11H,1H3,(H,9,10). The largest absolute Gasteiger partial charge is 0.478 e. The van der Waals surface area contributed by atoms with E-state index in [1.54, 1.807) is 18.2 Å². The minimum Gasteiger partial charge on any atom is -0.478 e. The summed E-state index contributed by atoms with van der Waals surface area (Å²) in [6, 6.07) is 5.24. The van der Waals surface area contributed by atoms with Crippen LogP contribution in [0.3, 0.4) is 0 Å². The molecule has 4 heteroatoms. The molecule has 0 amide bonds. The van der Waals surface area contributed by atoms with E-state index in [9.17, 15) is 4.79 Å². The van der Waals surface area contributed by atoms with Crippen LogP contribution in [0.4, 0.5) is 0 Å². The summed E-state index contributed by atoms with van der Waals surface area (Å²) in [6.07, 6.45) is 1.84. The van der Waals surface area contributed by atoms with Gasteiger partial charge in [0, 0.05) is 9.79 Å². The van der Waals surface area contributed by atoms with Gasteiger partial charge in [-0.3, -0.25) is 0 Å². The summed E-state index contributed by atoms with van der Waals surface area (Å²) in [6.45, 7) is 0. The molecule has 1 rings (SSSR count). The molecule has 0 saturated carbocycles. The molecule has 0 saturated heterocycles. The highest BCUT2D eigenvalue weighted by Crippen LogP contribution is 2.25. The van der Waals surface area contributed by atoms with Crippen molar-refractivity contribution < 1.29 is 9.90 Å². The molecule has 0 aliphatic carbocycles. The fourth-order valence-corrected chi connectivity index (χ4v) is 1.90. The molecule has 0 fully saturated rings. The second-order valence-corrected chi connectivity index (χ2v) is 3.49. The minimum absolute atomic E-state index is 0.285. The Hall–Kier alpha value is -0.610. The van der Waals surface area contributed by atoms with Crippen LogP contribution in [0.15, 0.2) is 28.0 Å². The monoisotopic (exact) mass is 200 g/mol. The predicted octanol–water partition coefficient (Wildman–Crippen LogP) is 2.40. The van der Waals surface area contributed by atoms with Crippen molar-refractivity contribution in [2.45, 2.75) is 9.79 Å². The van der Waals surface area contributed by atoms with Crippen molar-refractivity contribution >= 4 is 30.4 Å². The number of thiol groups is 1. The lowest BCUT2D eigenvalue weighted by molar-refractivity contribution is 0.0689. The van der Waals surface area contributed by atoms with E-state index in [1.165, 1.54) is 11.8 Å². The van der Waals surface area contributed by atoms with Crippen molar-refractivity contribution in [3.8, 4) is 0 Å². The Balaban J connectivity index is 3.29. The quantitative estimate of drug-likeness (QED) is 0.568. The zero-order valence-electron chi connectivity index (χ0n) is 6.44. The van der Waals surface area contributed by atoms with Crippen molar-refractivity contribution in [2.75, 3.05) is 6.26 Å². The van der Waals surface area contributed by atoms with Gasteiger partial charge in [0.1, 0.15) is 0 Å². The SMILES string of the molecule is CSc1cccc(S)c1C(=O)O. The number of carbonyl (C=O) groups is 1. The average Bonchev–Trinajstić information content (AvgIpc) is 2.03. The maximum absolute atomic E-state index is 10.7. The Labute approximate surface area is 80.4 Å². The molecule has 1 aromatic rings. The van der Waals surface area contributed by atoms with Crippen molar-refractivity contribution in [1.82, 2.24) is 0 Å². The van der Waals surface area contributed by atoms with E-state index in [0.29, 0.717) is 4.90 Å². The van der Waals surface area contributed by atoms with Crippen LogP contribution in [0.5, 0.6) is 0 Å². The molecule has 64 valence electrons. The van der Waals surface area contributed by atoms with Crippen LogP contribution >= 0.6 is 24.4 Å². The zero-order chi connectivity index (χ0) is 9.14. The summed E-state index contributed by atoms with van der Waals surface area (Å²) in [5.41, 5.74) is 0.285. The van der Waals surface area contributed by atoms with Crippen molar-refractivity contribution in [2.24, 2.45) is 0 Å². The first kappa shape index (κ1) is 9.48. The van der Waals surface area contributed by atoms with Crippen LogP contribution in [0.1, 0.15) is 10.4 Å². The number of aromatic carboxylic acids is 1. The van der Waals surface area contributed by atoms with Crippen LogP contribution in [0.2, 0.25) is 0 Å². The highest BCUT2D eigenvalue weighted by atomic mass is 32.2. The summed E-state index contributed by atoms with van der Waals surface area (Å²) in [7, 11) is 0. The third-order valence-electron chi connectivity index (χ3n) is 1.44. The van der Waals surface area contributed by atoms with Gasteiger partial charge in [-0.1, -0.05) is 6.07 Å². The molecule has 0 aromatic heterocycles. The van der Waals surface area contributed by atoms with Gasteiger partial charge in [0.15, 0.2) is 0 Å². The Morgan fingerprint density at radius 1 is 1.58 bits per heavy atom. The normalized spacial score (nSPS) is 9.83. The van der Waals surface area contributed by atoms with Gasteiger partial charge in [-0.25, -0.2) is 4.79 Å². The van der Waals surface area contributed by atoms with Crippen LogP contribution < -0.4 is 0 Å². The lowest BCUT2D eigenvalue weighted by atomic mass is 10.2. The van der Waals surface area contributed by atoms with E-state index in [0.717, 1.165) is 4.90 Å². The molecular weight excluding hydrogens is 192 g/mol. The number of hydrogen-bond donors (Lipinski definition) is 2. The molecule has 0 aliphatic rings. The summed E-state index contributed by atoms with van der Waals surface area (Å²) < 4.78 is 0. The molecule has 1 N–H and O–H groups in total. The first-order chi connectivity index (χ1) is 5.66. The highest BCUT2D eigenvalue weighted by Gasteiger charge is 2.11. The molecule has 2 nitrogen and oxygen atoms in total. The lowest BCUT2D eigenvalue weighted by Gasteiger charge is -2.04. The first-order valence-corrected chi connectivity index (χ1v) is 4.93. The Bertz CT molecular complexity index is 310. The smallest absolute Gasteiger partial charge is 0.337 e. The summed E-state index contributed by atoms with van der Waals surface area (Å²) in [5, 5.41) is 8.82. The highest BCUT2D eigenvalue weighted by molar-refractivity contribution is 7.98. The lowest BCUT2D eigenvalue weighted by Crippen LogP contribution is -1.99. The van der Waals surface area contributed by atoms with Gasteiger partial charge in [-0.15, -0.1) is 24.4 Å². The van der Waals surface area contributed by atoms with Crippen LogP contribution in [0, 0.1) is 0 Å². The Morgan fingerprint density at radius 2 is 2.25 bits per heavy atom. The van der Waals surface area contributed by atoms with E-state index in [1.807, 2.05) is 6.26 Å². The first-order valence-electron chi connectivity index (χ1n) is 3.26. The molecular formula is C8H8O2S2. The summed E-state index contributed by atoms with van der Waals surface area (Å²) >= 11 is 5.47. The fraction of sp³-hybridized carbons (Fsp3) is 0.125. The molecule has 0 atom stereocenters. The molecule has 1 aromatic carbocycles. The van der Waals surface area contributed by atoms with Gasteiger partial charge >= 0.3 is 5.97 Å². The van der Waals surface area contributed by atoms with Gasteiger partial charge in [0.05, 0.1) is 5.56 Å². The van der Waals surface area contributed by atoms with E-state index in [4.69, 9.17) is 5.11 Å². The zero-order valence-corrected chi connectivity index (χ0v) is 8.15. The molecule has 0 bridgehead atoms. The molecule has 0 unspecified atom stereocenters. The van der Waals surface area contributed by atoms with Gasteiger partial charge in [0.25, 0.3) is 0 Å². The predicted molar refractivity (Wildman–Crippen MR) is 52.4 cm³/mol. The van der Waals surface area contributed by atoms with E-state index < -0.39 is 5.97 Å². The van der Waals surface area contributed by atoms with E-state index in [2.05, 4.69) is 12.6 Å². The van der Waals surface area contributed by atoms with Crippen molar-refractivity contribution in [1.29, 1.82) is 0 Å². The third-order valence-corrected chi connectivity index (χ3v) is 2.59. The van der Waals surface area contributed by atoms with Crippen LogP contribution in [0.25, 0.3) is 0 Å².